The number of hydrogen-bond acceptors (Lipinski definition) is 3. The molecular formula is C8H9NO2. The van der Waals surface area contributed by atoms with E-state index >= 15 is 0 Å². The second kappa shape index (κ2) is 3.73. The van der Waals surface area contributed by atoms with E-state index in [0.717, 1.165) is 5.56 Å². The number of carbonyl (C=O) groups excluding carboxylic acids is 1. The van der Waals surface area contributed by atoms with Crippen molar-refractivity contribution in [2.24, 2.45) is 5.73 Å². The Hall–Kier alpha value is -1.35. The number of rotatable bonds is 3. The average Bonchev–Trinajstić information content (AvgIpc) is 2.47. The summed E-state index contributed by atoms with van der Waals surface area (Å²) < 4.78 is 4.85. The summed E-state index contributed by atoms with van der Waals surface area (Å²) in [6.07, 6.45) is 5.67. The highest BCUT2D eigenvalue weighted by atomic mass is 16.3. The Morgan fingerprint density at radius 3 is 3.09 bits per heavy atom. The minimum atomic E-state index is 0.342. The second-order valence-corrected chi connectivity index (χ2v) is 2.00. The number of furan rings is 1. The Labute approximate surface area is 64.5 Å². The van der Waals surface area contributed by atoms with Gasteiger partial charge in [-0.2, -0.15) is 0 Å². The molecule has 0 saturated carbocycles. The number of hydrogen-bond donors (Lipinski definition) is 1. The van der Waals surface area contributed by atoms with Crippen LogP contribution in [0.3, 0.4) is 0 Å². The molecule has 1 aromatic rings. The zero-order valence-corrected chi connectivity index (χ0v) is 5.99. The summed E-state index contributed by atoms with van der Waals surface area (Å²) in [5.41, 5.74) is 6.00. The van der Waals surface area contributed by atoms with Crippen LogP contribution in [0.1, 0.15) is 16.1 Å². The van der Waals surface area contributed by atoms with Crippen molar-refractivity contribution in [3.8, 4) is 0 Å². The molecule has 0 saturated heterocycles. The maximum absolute atomic E-state index is 10.3. The molecular weight excluding hydrogens is 142 g/mol. The van der Waals surface area contributed by atoms with Gasteiger partial charge in [-0.3, -0.25) is 4.79 Å². The molecule has 3 heteroatoms. The molecule has 0 atom stereocenters. The maximum atomic E-state index is 10.3. The minimum Gasteiger partial charge on any atom is -0.461 e. The van der Waals surface area contributed by atoms with Crippen molar-refractivity contribution in [2.45, 2.75) is 0 Å². The lowest BCUT2D eigenvalue weighted by molar-refractivity contribution is 0.110. The molecule has 1 rings (SSSR count). The fraction of sp³-hybridized carbons (Fsp3) is 0.125. The average molecular weight is 151 g/mol. The van der Waals surface area contributed by atoms with E-state index in [-0.39, 0.29) is 0 Å². The first-order valence-electron chi connectivity index (χ1n) is 3.27. The highest BCUT2D eigenvalue weighted by molar-refractivity contribution is 5.77. The molecule has 0 aliphatic rings. The Bertz CT molecular complexity index is 263. The third kappa shape index (κ3) is 1.78. The molecule has 0 spiro atoms. The molecule has 2 N–H and O–H groups in total. The lowest BCUT2D eigenvalue weighted by atomic mass is 10.2. The van der Waals surface area contributed by atoms with Gasteiger partial charge in [-0.05, 0) is 6.07 Å². The van der Waals surface area contributed by atoms with E-state index in [0.29, 0.717) is 18.6 Å². The Morgan fingerprint density at radius 1 is 1.64 bits per heavy atom. The van der Waals surface area contributed by atoms with Crippen LogP contribution in [0, 0.1) is 0 Å². The molecule has 0 aliphatic carbocycles. The van der Waals surface area contributed by atoms with E-state index in [1.54, 1.807) is 18.2 Å². The van der Waals surface area contributed by atoms with Crippen LogP contribution in [0.2, 0.25) is 0 Å². The van der Waals surface area contributed by atoms with Gasteiger partial charge in [0, 0.05) is 12.1 Å². The fourth-order valence-corrected chi connectivity index (χ4v) is 0.759. The van der Waals surface area contributed by atoms with Gasteiger partial charge in [0.2, 0.25) is 0 Å². The van der Waals surface area contributed by atoms with E-state index in [2.05, 4.69) is 0 Å². The van der Waals surface area contributed by atoms with Crippen LogP contribution in [0.5, 0.6) is 0 Å². The number of aldehydes is 1. The van der Waals surface area contributed by atoms with E-state index in [1.807, 2.05) is 0 Å². The van der Waals surface area contributed by atoms with Crippen LogP contribution in [0.25, 0.3) is 6.08 Å². The molecule has 3 nitrogen and oxygen atoms in total. The highest BCUT2D eigenvalue weighted by Crippen LogP contribution is 2.09. The fourth-order valence-electron chi connectivity index (χ4n) is 0.759. The van der Waals surface area contributed by atoms with Gasteiger partial charge >= 0.3 is 0 Å². The van der Waals surface area contributed by atoms with E-state index in [9.17, 15) is 4.79 Å². The molecule has 1 heterocycles. The smallest absolute Gasteiger partial charge is 0.185 e. The molecule has 0 amide bonds. The Kier molecular flexibility index (Phi) is 2.63. The summed E-state index contributed by atoms with van der Waals surface area (Å²) in [5, 5.41) is 0. The molecule has 0 radical (unpaired) electrons. The van der Waals surface area contributed by atoms with Gasteiger partial charge in [0.25, 0.3) is 0 Å². The van der Waals surface area contributed by atoms with Crippen molar-refractivity contribution in [3.63, 3.8) is 0 Å². The van der Waals surface area contributed by atoms with Crippen molar-refractivity contribution in [2.75, 3.05) is 6.54 Å². The lowest BCUT2D eigenvalue weighted by Crippen LogP contribution is -1.92. The van der Waals surface area contributed by atoms with Crippen molar-refractivity contribution in [3.05, 3.63) is 29.7 Å². The van der Waals surface area contributed by atoms with Crippen LogP contribution in [-0.4, -0.2) is 12.8 Å². The first-order valence-corrected chi connectivity index (χ1v) is 3.27. The van der Waals surface area contributed by atoms with E-state index in [4.69, 9.17) is 10.2 Å². The van der Waals surface area contributed by atoms with Gasteiger partial charge in [-0.1, -0.05) is 12.2 Å². The Balaban J connectivity index is 2.84. The third-order valence-corrected chi connectivity index (χ3v) is 1.27. The molecule has 0 aromatic carbocycles. The topological polar surface area (TPSA) is 56.2 Å². The second-order valence-electron chi connectivity index (χ2n) is 2.00. The number of carbonyl (C=O) groups is 1. The van der Waals surface area contributed by atoms with E-state index in [1.165, 1.54) is 6.26 Å². The monoisotopic (exact) mass is 151 g/mol. The van der Waals surface area contributed by atoms with Crippen LogP contribution in [0.15, 0.2) is 22.8 Å². The van der Waals surface area contributed by atoms with Crippen LogP contribution >= 0.6 is 0 Å². The molecule has 0 fully saturated rings. The van der Waals surface area contributed by atoms with Crippen LogP contribution in [0.4, 0.5) is 0 Å². The van der Waals surface area contributed by atoms with Gasteiger partial charge < -0.3 is 10.2 Å². The molecule has 0 aliphatic heterocycles. The zero-order chi connectivity index (χ0) is 8.10. The van der Waals surface area contributed by atoms with Gasteiger partial charge in [-0.15, -0.1) is 0 Å². The molecule has 0 bridgehead atoms. The predicted octanol–water partition coefficient (Wildman–Crippen LogP) is 1.06. The van der Waals surface area contributed by atoms with E-state index < -0.39 is 0 Å². The minimum absolute atomic E-state index is 0.342. The summed E-state index contributed by atoms with van der Waals surface area (Å²) in [5.74, 6) is 0.342. The molecule has 0 unspecified atom stereocenters. The SMILES string of the molecule is NCC=Cc1ccoc1C=O. The lowest BCUT2D eigenvalue weighted by Gasteiger charge is -1.84. The molecule has 1 aromatic heterocycles. The van der Waals surface area contributed by atoms with Gasteiger partial charge in [0.05, 0.1) is 6.26 Å². The first-order chi connectivity index (χ1) is 5.38. The predicted molar refractivity (Wildman–Crippen MR) is 42.2 cm³/mol. The van der Waals surface area contributed by atoms with Crippen LogP contribution < -0.4 is 5.73 Å². The first kappa shape index (κ1) is 7.75. The van der Waals surface area contributed by atoms with Gasteiger partial charge in [-0.25, -0.2) is 0 Å². The quantitative estimate of drug-likeness (QED) is 0.657. The van der Waals surface area contributed by atoms with Crippen molar-refractivity contribution < 1.29 is 9.21 Å². The standard InChI is InChI=1S/C8H9NO2/c9-4-1-2-7-3-5-11-8(7)6-10/h1-3,5-6H,4,9H2. The normalized spacial score (nSPS) is 10.6. The molecule has 11 heavy (non-hydrogen) atoms. The zero-order valence-electron chi connectivity index (χ0n) is 5.99. The van der Waals surface area contributed by atoms with Crippen molar-refractivity contribution >= 4 is 12.4 Å². The Morgan fingerprint density at radius 2 is 2.45 bits per heavy atom. The summed E-state index contributed by atoms with van der Waals surface area (Å²) in [7, 11) is 0. The summed E-state index contributed by atoms with van der Waals surface area (Å²) >= 11 is 0. The highest BCUT2D eigenvalue weighted by Gasteiger charge is 1.98. The number of nitrogens with two attached hydrogens (primary N) is 1. The summed E-state index contributed by atoms with van der Waals surface area (Å²) in [6, 6.07) is 1.72. The van der Waals surface area contributed by atoms with Crippen molar-refractivity contribution in [1.82, 2.24) is 0 Å². The largest absolute Gasteiger partial charge is 0.461 e. The van der Waals surface area contributed by atoms with Gasteiger partial charge in [0.1, 0.15) is 0 Å². The van der Waals surface area contributed by atoms with Crippen LogP contribution in [-0.2, 0) is 0 Å². The maximum Gasteiger partial charge on any atom is 0.185 e. The summed E-state index contributed by atoms with van der Waals surface area (Å²) in [6.45, 7) is 0.462. The van der Waals surface area contributed by atoms with Crippen molar-refractivity contribution in [1.29, 1.82) is 0 Å². The molecule has 58 valence electrons. The van der Waals surface area contributed by atoms with Gasteiger partial charge in [0.15, 0.2) is 12.0 Å². The summed E-state index contributed by atoms with van der Waals surface area (Å²) in [4.78, 5) is 10.3. The third-order valence-electron chi connectivity index (χ3n) is 1.27.